The maximum atomic E-state index is 12.1. The number of methoxy groups -OCH3 is 1. The molecule has 0 aromatic heterocycles. The van der Waals surface area contributed by atoms with Gasteiger partial charge in [0.25, 0.3) is 0 Å². The van der Waals surface area contributed by atoms with Gasteiger partial charge in [-0.05, 0) is 25.1 Å². The maximum absolute atomic E-state index is 12.1. The van der Waals surface area contributed by atoms with Crippen LogP contribution in [-0.2, 0) is 4.74 Å². The average molecular weight is 301 g/mol. The van der Waals surface area contributed by atoms with Crippen molar-refractivity contribution in [3.63, 3.8) is 0 Å². The Hall–Kier alpha value is -1.79. The molecule has 7 heteroatoms. The van der Waals surface area contributed by atoms with Gasteiger partial charge in [0.15, 0.2) is 0 Å². The first-order chi connectivity index (χ1) is 9.49. The molecule has 0 bridgehead atoms. The number of hydrogen-bond acceptors (Lipinski definition) is 3. The minimum Gasteiger partial charge on any atom is -0.478 e. The van der Waals surface area contributed by atoms with Crippen molar-refractivity contribution in [3.05, 3.63) is 28.8 Å². The van der Waals surface area contributed by atoms with E-state index in [1.165, 1.54) is 23.1 Å². The van der Waals surface area contributed by atoms with Gasteiger partial charge in [-0.15, -0.1) is 0 Å². The van der Waals surface area contributed by atoms with Crippen molar-refractivity contribution in [2.24, 2.45) is 0 Å². The third-order valence-electron chi connectivity index (χ3n) is 2.69. The predicted octanol–water partition coefficient (Wildman–Crippen LogP) is 2.54. The SMILES string of the molecule is CCN(CCOC)C(=O)Nc1cc(Cl)ccc1C(=O)O. The molecule has 2 N–H and O–H groups in total. The van der Waals surface area contributed by atoms with Gasteiger partial charge in [-0.25, -0.2) is 9.59 Å². The van der Waals surface area contributed by atoms with Gasteiger partial charge in [0.1, 0.15) is 0 Å². The highest BCUT2D eigenvalue weighted by Gasteiger charge is 2.16. The molecule has 1 aromatic rings. The minimum atomic E-state index is -1.13. The quantitative estimate of drug-likeness (QED) is 0.846. The van der Waals surface area contributed by atoms with E-state index in [2.05, 4.69) is 5.32 Å². The lowest BCUT2D eigenvalue weighted by molar-refractivity contribution is 0.0698. The van der Waals surface area contributed by atoms with Crippen LogP contribution >= 0.6 is 11.6 Å². The van der Waals surface area contributed by atoms with E-state index in [1.54, 1.807) is 7.11 Å². The number of benzene rings is 1. The summed E-state index contributed by atoms with van der Waals surface area (Å²) in [5, 5.41) is 12.0. The Bertz CT molecular complexity index is 493. The number of likely N-dealkylation sites (N-methyl/N-ethyl adjacent to an activating group) is 1. The molecule has 0 aliphatic heterocycles. The molecule has 0 saturated carbocycles. The Morgan fingerprint density at radius 1 is 1.45 bits per heavy atom. The van der Waals surface area contributed by atoms with Crippen LogP contribution < -0.4 is 5.32 Å². The smallest absolute Gasteiger partial charge is 0.337 e. The fraction of sp³-hybridized carbons (Fsp3) is 0.385. The highest BCUT2D eigenvalue weighted by atomic mass is 35.5. The third-order valence-corrected chi connectivity index (χ3v) is 2.92. The normalized spacial score (nSPS) is 10.2. The lowest BCUT2D eigenvalue weighted by atomic mass is 10.2. The number of nitrogens with zero attached hydrogens (tertiary/aromatic N) is 1. The fourth-order valence-electron chi connectivity index (χ4n) is 1.61. The number of anilines is 1. The van der Waals surface area contributed by atoms with Crippen molar-refractivity contribution in [3.8, 4) is 0 Å². The van der Waals surface area contributed by atoms with Crippen molar-refractivity contribution >= 4 is 29.3 Å². The first-order valence-electron chi connectivity index (χ1n) is 6.07. The summed E-state index contributed by atoms with van der Waals surface area (Å²) in [6.45, 7) is 3.13. The van der Waals surface area contributed by atoms with E-state index in [4.69, 9.17) is 21.4 Å². The number of urea groups is 1. The standard InChI is InChI=1S/C13H17ClN2O4/c1-3-16(6-7-20-2)13(19)15-11-8-9(14)4-5-10(11)12(17)18/h4-5,8H,3,6-7H2,1-2H3,(H,15,19)(H,17,18). The van der Waals surface area contributed by atoms with Crippen LogP contribution in [0.25, 0.3) is 0 Å². The number of aromatic carboxylic acids is 1. The number of carbonyl (C=O) groups excluding carboxylic acids is 1. The van der Waals surface area contributed by atoms with Gasteiger partial charge >= 0.3 is 12.0 Å². The molecule has 1 aromatic carbocycles. The minimum absolute atomic E-state index is 0.00876. The number of halogens is 1. The van der Waals surface area contributed by atoms with E-state index in [9.17, 15) is 9.59 Å². The van der Waals surface area contributed by atoms with E-state index in [1.807, 2.05) is 6.92 Å². The molecule has 0 saturated heterocycles. The molecule has 1 rings (SSSR count). The second-order valence-electron chi connectivity index (χ2n) is 4.00. The van der Waals surface area contributed by atoms with Crippen LogP contribution in [-0.4, -0.2) is 48.8 Å². The summed E-state index contributed by atoms with van der Waals surface area (Å²) in [6.07, 6.45) is 0. The van der Waals surface area contributed by atoms with Crippen LogP contribution in [0.4, 0.5) is 10.5 Å². The summed E-state index contributed by atoms with van der Waals surface area (Å²) in [5.74, 6) is -1.13. The van der Waals surface area contributed by atoms with Crippen molar-refractivity contribution in [2.45, 2.75) is 6.92 Å². The van der Waals surface area contributed by atoms with Crippen LogP contribution in [0.15, 0.2) is 18.2 Å². The first-order valence-corrected chi connectivity index (χ1v) is 6.45. The summed E-state index contributed by atoms with van der Waals surface area (Å²) in [7, 11) is 1.55. The van der Waals surface area contributed by atoms with Gasteiger partial charge in [-0.1, -0.05) is 11.6 Å². The van der Waals surface area contributed by atoms with Crippen molar-refractivity contribution in [1.29, 1.82) is 0 Å². The van der Waals surface area contributed by atoms with Crippen molar-refractivity contribution in [1.82, 2.24) is 4.90 Å². The molecule has 0 atom stereocenters. The average Bonchev–Trinajstić information content (AvgIpc) is 2.39. The summed E-state index contributed by atoms with van der Waals surface area (Å²) in [5.41, 5.74) is 0.163. The Kier molecular flexibility index (Phi) is 6.27. The molecule has 0 radical (unpaired) electrons. The molecule has 0 unspecified atom stereocenters. The summed E-state index contributed by atoms with van der Waals surface area (Å²) in [6, 6.07) is 3.83. The molecule has 110 valence electrons. The van der Waals surface area contributed by atoms with Crippen LogP contribution in [0.1, 0.15) is 17.3 Å². The van der Waals surface area contributed by atoms with Gasteiger partial charge in [0.05, 0.1) is 17.9 Å². The molecular formula is C13H17ClN2O4. The fourth-order valence-corrected chi connectivity index (χ4v) is 1.78. The highest BCUT2D eigenvalue weighted by Crippen LogP contribution is 2.21. The highest BCUT2D eigenvalue weighted by molar-refractivity contribution is 6.31. The number of ether oxygens (including phenoxy) is 1. The second-order valence-corrected chi connectivity index (χ2v) is 4.43. The second kappa shape index (κ2) is 7.72. The van der Waals surface area contributed by atoms with E-state index >= 15 is 0 Å². The van der Waals surface area contributed by atoms with Crippen LogP contribution in [0.5, 0.6) is 0 Å². The van der Waals surface area contributed by atoms with Gasteiger partial charge in [-0.3, -0.25) is 0 Å². The van der Waals surface area contributed by atoms with Crippen molar-refractivity contribution in [2.75, 3.05) is 32.1 Å². The lowest BCUT2D eigenvalue weighted by Crippen LogP contribution is -2.37. The molecule has 0 spiro atoms. The number of carbonyl (C=O) groups is 2. The van der Waals surface area contributed by atoms with Gasteiger partial charge in [0.2, 0.25) is 0 Å². The molecule has 0 aliphatic carbocycles. The van der Waals surface area contributed by atoms with E-state index in [0.29, 0.717) is 24.7 Å². The van der Waals surface area contributed by atoms with Crippen molar-refractivity contribution < 1.29 is 19.4 Å². The monoisotopic (exact) mass is 300 g/mol. The number of carboxylic acids is 1. The largest absolute Gasteiger partial charge is 0.478 e. The van der Waals surface area contributed by atoms with E-state index in [-0.39, 0.29) is 11.3 Å². The summed E-state index contributed by atoms with van der Waals surface area (Å²) >= 11 is 5.82. The van der Waals surface area contributed by atoms with Crippen LogP contribution in [0, 0.1) is 0 Å². The van der Waals surface area contributed by atoms with Crippen LogP contribution in [0.3, 0.4) is 0 Å². The Balaban J connectivity index is 2.88. The predicted molar refractivity (Wildman–Crippen MR) is 76.6 cm³/mol. The molecule has 0 heterocycles. The Morgan fingerprint density at radius 2 is 2.15 bits per heavy atom. The zero-order valence-electron chi connectivity index (χ0n) is 11.4. The number of carboxylic acid groups (broad SMARTS) is 1. The molecule has 0 fully saturated rings. The van der Waals surface area contributed by atoms with E-state index in [0.717, 1.165) is 0 Å². The van der Waals surface area contributed by atoms with Crippen LogP contribution in [0.2, 0.25) is 5.02 Å². The number of hydrogen-bond donors (Lipinski definition) is 2. The first kappa shape index (κ1) is 16.3. The third kappa shape index (κ3) is 4.40. The number of amides is 2. The zero-order chi connectivity index (χ0) is 15.1. The molecule has 20 heavy (non-hydrogen) atoms. The Labute approximate surface area is 122 Å². The Morgan fingerprint density at radius 3 is 2.70 bits per heavy atom. The molecule has 6 nitrogen and oxygen atoms in total. The topological polar surface area (TPSA) is 78.9 Å². The molecular weight excluding hydrogens is 284 g/mol. The van der Waals surface area contributed by atoms with E-state index < -0.39 is 12.0 Å². The molecule has 0 aliphatic rings. The lowest BCUT2D eigenvalue weighted by Gasteiger charge is -2.21. The zero-order valence-corrected chi connectivity index (χ0v) is 12.1. The molecule has 2 amide bonds. The number of rotatable bonds is 6. The number of nitrogens with one attached hydrogen (secondary N) is 1. The van der Waals surface area contributed by atoms with Gasteiger partial charge < -0.3 is 20.1 Å². The van der Waals surface area contributed by atoms with Gasteiger partial charge in [0, 0.05) is 25.2 Å². The summed E-state index contributed by atoms with van der Waals surface area (Å²) in [4.78, 5) is 24.7. The summed E-state index contributed by atoms with van der Waals surface area (Å²) < 4.78 is 4.92. The van der Waals surface area contributed by atoms with Gasteiger partial charge in [-0.2, -0.15) is 0 Å². The maximum Gasteiger partial charge on any atom is 0.337 e.